The summed E-state index contributed by atoms with van der Waals surface area (Å²) >= 11 is 0. The Kier molecular flexibility index (Phi) is 4.09. The zero-order chi connectivity index (χ0) is 15.0. The van der Waals surface area contributed by atoms with E-state index in [4.69, 9.17) is 15.2 Å². The number of benzene rings is 1. The molecule has 0 amide bonds. The Labute approximate surface area is 124 Å². The number of rotatable bonds is 2. The van der Waals surface area contributed by atoms with Crippen LogP contribution in [0.25, 0.3) is 0 Å². The summed E-state index contributed by atoms with van der Waals surface area (Å²) < 4.78 is 51.0. The van der Waals surface area contributed by atoms with Crippen LogP contribution < -0.4 is 5.73 Å². The third-order valence-corrected chi connectivity index (χ3v) is 5.86. The molecule has 3 unspecified atom stereocenters. The van der Waals surface area contributed by atoms with Gasteiger partial charge in [0.25, 0.3) is 0 Å². The Hall–Kier alpha value is -0.890. The van der Waals surface area contributed by atoms with Crippen LogP contribution in [0.4, 0.5) is 8.78 Å². The van der Waals surface area contributed by atoms with E-state index < -0.39 is 33.5 Å². The van der Waals surface area contributed by atoms with Gasteiger partial charge in [0.05, 0.1) is 34.2 Å². The van der Waals surface area contributed by atoms with Crippen LogP contribution in [0.15, 0.2) is 23.1 Å². The highest BCUT2D eigenvalue weighted by atomic mass is 32.2. The molecule has 116 valence electrons. The van der Waals surface area contributed by atoms with E-state index in [1.54, 1.807) is 0 Å². The molecular weight excluding hydrogens is 300 g/mol. The molecule has 3 rings (SSSR count). The molecule has 2 N–H and O–H groups in total. The fourth-order valence-electron chi connectivity index (χ4n) is 2.92. The van der Waals surface area contributed by atoms with Gasteiger partial charge in [-0.15, -0.1) is 0 Å². The van der Waals surface area contributed by atoms with Crippen LogP contribution in [0.2, 0.25) is 0 Å². The summed E-state index contributed by atoms with van der Waals surface area (Å²) in [6.07, 6.45) is 1.54. The molecule has 0 radical (unpaired) electrons. The first kappa shape index (κ1) is 15.0. The first-order valence-corrected chi connectivity index (χ1v) is 8.11. The fourth-order valence-corrected chi connectivity index (χ4v) is 4.59. The largest absolute Gasteiger partial charge is 0.347 e. The summed E-state index contributed by atoms with van der Waals surface area (Å²) in [7, 11) is -1.74. The maximum atomic E-state index is 13.8. The van der Waals surface area contributed by atoms with E-state index in [0.29, 0.717) is 32.5 Å². The van der Waals surface area contributed by atoms with E-state index in [-0.39, 0.29) is 10.9 Å². The van der Waals surface area contributed by atoms with Crippen molar-refractivity contribution in [3.8, 4) is 0 Å². The van der Waals surface area contributed by atoms with Gasteiger partial charge in [-0.25, -0.2) is 8.78 Å². The number of halogens is 2. The van der Waals surface area contributed by atoms with Gasteiger partial charge in [-0.3, -0.25) is 4.21 Å². The first-order chi connectivity index (χ1) is 10.0. The van der Waals surface area contributed by atoms with Gasteiger partial charge in [0, 0.05) is 18.9 Å². The third-order valence-electron chi connectivity index (χ3n) is 4.05. The second-order valence-electron chi connectivity index (χ2n) is 5.42. The van der Waals surface area contributed by atoms with Crippen LogP contribution >= 0.6 is 0 Å². The highest BCUT2D eigenvalue weighted by Crippen LogP contribution is 2.38. The van der Waals surface area contributed by atoms with Gasteiger partial charge in [-0.2, -0.15) is 0 Å². The lowest BCUT2D eigenvalue weighted by Gasteiger charge is -2.39. The quantitative estimate of drug-likeness (QED) is 0.902. The zero-order valence-corrected chi connectivity index (χ0v) is 12.2. The molecule has 1 aromatic rings. The van der Waals surface area contributed by atoms with E-state index in [1.807, 2.05) is 0 Å². The van der Waals surface area contributed by atoms with Crippen LogP contribution in [-0.4, -0.2) is 34.5 Å². The van der Waals surface area contributed by atoms with Crippen molar-refractivity contribution < 1.29 is 22.5 Å². The van der Waals surface area contributed by atoms with Crippen molar-refractivity contribution in [2.24, 2.45) is 5.73 Å². The molecule has 7 heteroatoms. The Morgan fingerprint density at radius 1 is 1.29 bits per heavy atom. The SMILES string of the molecule is NC1CCC2(CC1S(=O)c1cc(F)ccc1F)OCCO2. The molecule has 1 heterocycles. The molecule has 0 aromatic heterocycles. The monoisotopic (exact) mass is 317 g/mol. The van der Waals surface area contributed by atoms with Crippen LogP contribution in [-0.2, 0) is 20.3 Å². The van der Waals surface area contributed by atoms with E-state index >= 15 is 0 Å². The molecule has 1 aliphatic heterocycles. The molecule has 1 aromatic carbocycles. The number of ether oxygens (including phenoxy) is 2. The van der Waals surface area contributed by atoms with Gasteiger partial charge in [0.1, 0.15) is 11.6 Å². The van der Waals surface area contributed by atoms with Gasteiger partial charge < -0.3 is 15.2 Å². The number of hydrogen-bond acceptors (Lipinski definition) is 4. The molecule has 1 saturated carbocycles. The minimum absolute atomic E-state index is 0.148. The van der Waals surface area contributed by atoms with Crippen molar-refractivity contribution in [2.75, 3.05) is 13.2 Å². The fraction of sp³-hybridized carbons (Fsp3) is 0.571. The summed E-state index contributed by atoms with van der Waals surface area (Å²) in [4.78, 5) is -0.148. The van der Waals surface area contributed by atoms with Crippen LogP contribution in [0.5, 0.6) is 0 Å². The Balaban J connectivity index is 1.86. The second kappa shape index (κ2) is 5.72. The predicted molar refractivity (Wildman–Crippen MR) is 73.0 cm³/mol. The third kappa shape index (κ3) is 2.88. The standard InChI is InChI=1S/C14H17F2NO3S/c15-9-1-2-10(16)12(7-9)21(18)13-8-14(4-3-11(13)17)19-5-6-20-14/h1-2,7,11,13H,3-6,8,17H2. The van der Waals surface area contributed by atoms with Crippen LogP contribution in [0.3, 0.4) is 0 Å². The molecule has 2 fully saturated rings. The molecule has 1 saturated heterocycles. The lowest BCUT2D eigenvalue weighted by atomic mass is 9.90. The lowest BCUT2D eigenvalue weighted by molar-refractivity contribution is -0.177. The summed E-state index contributed by atoms with van der Waals surface area (Å²) in [6.45, 7) is 0.978. The van der Waals surface area contributed by atoms with E-state index in [2.05, 4.69) is 0 Å². The Bertz CT molecular complexity index is 563. The maximum absolute atomic E-state index is 13.8. The second-order valence-corrected chi connectivity index (χ2v) is 7.07. The highest BCUT2D eigenvalue weighted by Gasteiger charge is 2.46. The molecule has 1 spiro atoms. The Morgan fingerprint density at radius 2 is 2.00 bits per heavy atom. The molecule has 21 heavy (non-hydrogen) atoms. The Morgan fingerprint density at radius 3 is 2.71 bits per heavy atom. The molecule has 0 bridgehead atoms. The molecule has 4 nitrogen and oxygen atoms in total. The number of nitrogens with two attached hydrogens (primary N) is 1. The van der Waals surface area contributed by atoms with Crippen molar-refractivity contribution in [2.45, 2.75) is 41.2 Å². The van der Waals surface area contributed by atoms with Crippen molar-refractivity contribution >= 4 is 10.8 Å². The van der Waals surface area contributed by atoms with Crippen molar-refractivity contribution in [3.63, 3.8) is 0 Å². The van der Waals surface area contributed by atoms with Gasteiger partial charge in [0.2, 0.25) is 0 Å². The van der Waals surface area contributed by atoms with Crippen LogP contribution in [0.1, 0.15) is 19.3 Å². The van der Waals surface area contributed by atoms with Crippen LogP contribution in [0, 0.1) is 11.6 Å². The molecule has 1 aliphatic carbocycles. The minimum atomic E-state index is -1.74. The molecular formula is C14H17F2NO3S. The summed E-state index contributed by atoms with van der Waals surface area (Å²) in [5, 5.41) is -0.520. The van der Waals surface area contributed by atoms with E-state index in [0.717, 1.165) is 18.2 Å². The average Bonchev–Trinajstić information content (AvgIpc) is 2.92. The summed E-state index contributed by atoms with van der Waals surface area (Å²) in [5.74, 6) is -2.07. The number of hydrogen-bond donors (Lipinski definition) is 1. The lowest BCUT2D eigenvalue weighted by Crippen LogP contribution is -2.50. The smallest absolute Gasteiger partial charge is 0.169 e. The molecule has 2 aliphatic rings. The highest BCUT2D eigenvalue weighted by molar-refractivity contribution is 7.85. The van der Waals surface area contributed by atoms with E-state index in [9.17, 15) is 13.0 Å². The summed E-state index contributed by atoms with van der Waals surface area (Å²) in [6, 6.07) is 2.60. The minimum Gasteiger partial charge on any atom is -0.347 e. The van der Waals surface area contributed by atoms with E-state index in [1.165, 1.54) is 0 Å². The van der Waals surface area contributed by atoms with Gasteiger partial charge in [-0.1, -0.05) is 0 Å². The maximum Gasteiger partial charge on any atom is 0.169 e. The van der Waals surface area contributed by atoms with Gasteiger partial charge in [-0.05, 0) is 24.6 Å². The van der Waals surface area contributed by atoms with Crippen molar-refractivity contribution in [1.82, 2.24) is 0 Å². The average molecular weight is 317 g/mol. The topological polar surface area (TPSA) is 61.6 Å². The zero-order valence-electron chi connectivity index (χ0n) is 11.4. The molecule has 3 atom stereocenters. The van der Waals surface area contributed by atoms with Crippen molar-refractivity contribution in [3.05, 3.63) is 29.8 Å². The van der Waals surface area contributed by atoms with Gasteiger partial charge >= 0.3 is 0 Å². The normalized spacial score (nSPS) is 29.7. The first-order valence-electron chi connectivity index (χ1n) is 6.90. The predicted octanol–water partition coefficient (Wildman–Crippen LogP) is 1.70. The summed E-state index contributed by atoms with van der Waals surface area (Å²) in [5.41, 5.74) is 6.04. The van der Waals surface area contributed by atoms with Gasteiger partial charge in [0.15, 0.2) is 5.79 Å². The van der Waals surface area contributed by atoms with Crippen molar-refractivity contribution in [1.29, 1.82) is 0 Å².